The molecule has 1 heterocycles. The Morgan fingerprint density at radius 3 is 2.64 bits per heavy atom. The molecule has 0 unspecified atom stereocenters. The molecule has 0 saturated carbocycles. The van der Waals surface area contributed by atoms with Crippen molar-refractivity contribution in [2.24, 2.45) is 4.99 Å². The van der Waals surface area contributed by atoms with Gasteiger partial charge in [0.15, 0.2) is 0 Å². The van der Waals surface area contributed by atoms with Gasteiger partial charge in [0.25, 0.3) is 5.56 Å². The zero-order valence-corrected chi connectivity index (χ0v) is 12.7. The van der Waals surface area contributed by atoms with Gasteiger partial charge < -0.3 is 0 Å². The first-order valence-corrected chi connectivity index (χ1v) is 7.19. The van der Waals surface area contributed by atoms with Gasteiger partial charge >= 0.3 is 0 Å². The van der Waals surface area contributed by atoms with Crippen LogP contribution in [0.25, 0.3) is 5.69 Å². The Labute approximate surface area is 132 Å². The highest BCUT2D eigenvalue weighted by Gasteiger charge is 2.10. The van der Waals surface area contributed by atoms with Gasteiger partial charge in [0.05, 0.1) is 16.9 Å². The van der Waals surface area contributed by atoms with E-state index in [-0.39, 0.29) is 5.56 Å². The molecule has 0 fully saturated rings. The number of aryl methyl sites for hydroxylation is 1. The number of aromatic nitrogens is 2. The molecule has 3 aromatic rings. The third-order valence-electron chi connectivity index (χ3n) is 3.28. The summed E-state index contributed by atoms with van der Waals surface area (Å²) in [4.78, 5) is 16.8. The number of aromatic amines is 1. The molecule has 0 aliphatic rings. The Bertz CT molecular complexity index is 878. The van der Waals surface area contributed by atoms with Crippen LogP contribution in [0.1, 0.15) is 11.3 Å². The van der Waals surface area contributed by atoms with Crippen LogP contribution in [0, 0.1) is 6.92 Å². The third kappa shape index (κ3) is 2.87. The van der Waals surface area contributed by atoms with Crippen molar-refractivity contribution in [3.63, 3.8) is 0 Å². The fraction of sp³-hybridized carbons (Fsp3) is 0.0588. The molecule has 1 N–H and O–H groups in total. The molecular formula is C17H14ClN3O. The van der Waals surface area contributed by atoms with Crippen molar-refractivity contribution < 1.29 is 0 Å². The zero-order valence-electron chi connectivity index (χ0n) is 12.0. The first kappa shape index (κ1) is 14.4. The summed E-state index contributed by atoms with van der Waals surface area (Å²) >= 11 is 5.93. The highest BCUT2D eigenvalue weighted by molar-refractivity contribution is 6.30. The molecule has 0 radical (unpaired) electrons. The summed E-state index contributed by atoms with van der Waals surface area (Å²) in [7, 11) is 0. The van der Waals surface area contributed by atoms with Crippen molar-refractivity contribution in [2.45, 2.75) is 6.92 Å². The van der Waals surface area contributed by atoms with Gasteiger partial charge in [-0.3, -0.25) is 14.9 Å². The van der Waals surface area contributed by atoms with Crippen molar-refractivity contribution in [2.75, 3.05) is 0 Å². The summed E-state index contributed by atoms with van der Waals surface area (Å²) in [6.07, 6.45) is 1.57. The van der Waals surface area contributed by atoms with Gasteiger partial charge in [-0.05, 0) is 37.3 Å². The highest BCUT2D eigenvalue weighted by atomic mass is 35.5. The average molecular weight is 312 g/mol. The van der Waals surface area contributed by atoms with E-state index in [9.17, 15) is 4.79 Å². The molecule has 0 aliphatic heterocycles. The predicted octanol–water partition coefficient (Wildman–Crippen LogP) is 3.88. The lowest BCUT2D eigenvalue weighted by Crippen LogP contribution is -2.17. The van der Waals surface area contributed by atoms with Gasteiger partial charge in [0.1, 0.15) is 0 Å². The topological polar surface area (TPSA) is 50.1 Å². The lowest BCUT2D eigenvalue weighted by atomic mass is 10.2. The Morgan fingerprint density at radius 2 is 1.91 bits per heavy atom. The number of rotatable bonds is 3. The van der Waals surface area contributed by atoms with Crippen LogP contribution in [0.15, 0.2) is 64.4 Å². The second-order valence-corrected chi connectivity index (χ2v) is 5.30. The maximum Gasteiger partial charge on any atom is 0.280 e. The minimum Gasteiger partial charge on any atom is -0.295 e. The maximum atomic E-state index is 12.5. The van der Waals surface area contributed by atoms with Crippen molar-refractivity contribution >= 4 is 23.5 Å². The number of H-pyrrole nitrogens is 1. The molecule has 4 nitrogen and oxygen atoms in total. The van der Waals surface area contributed by atoms with E-state index in [4.69, 9.17) is 11.6 Å². The highest BCUT2D eigenvalue weighted by Crippen LogP contribution is 2.17. The van der Waals surface area contributed by atoms with Gasteiger partial charge in [0, 0.05) is 16.9 Å². The number of halogens is 1. The fourth-order valence-corrected chi connectivity index (χ4v) is 2.35. The van der Waals surface area contributed by atoms with Gasteiger partial charge in [-0.25, -0.2) is 4.68 Å². The number of hydrogen-bond acceptors (Lipinski definition) is 2. The average Bonchev–Trinajstić information content (AvgIpc) is 2.81. The molecule has 110 valence electrons. The Balaban J connectivity index is 1.99. The van der Waals surface area contributed by atoms with Crippen molar-refractivity contribution in [3.8, 4) is 5.69 Å². The SMILES string of the molecule is Cc1[nH]n(-c2ccccc2)c(=O)c1C=Nc1cccc(Cl)c1. The quantitative estimate of drug-likeness (QED) is 0.733. The summed E-state index contributed by atoms with van der Waals surface area (Å²) in [5.74, 6) is 0. The molecule has 1 aromatic heterocycles. The molecule has 2 aromatic carbocycles. The van der Waals surface area contributed by atoms with Crippen LogP contribution in [0.4, 0.5) is 5.69 Å². The van der Waals surface area contributed by atoms with Gasteiger partial charge in [0.2, 0.25) is 0 Å². The molecule has 0 amide bonds. The standard InChI is InChI=1S/C17H14ClN3O/c1-12-16(11-19-14-7-5-6-13(18)10-14)17(22)21(20-12)15-8-3-2-4-9-15/h2-11,20H,1H3. The largest absolute Gasteiger partial charge is 0.295 e. The summed E-state index contributed by atoms with van der Waals surface area (Å²) in [5, 5.41) is 3.68. The molecule has 0 spiro atoms. The van der Waals surface area contributed by atoms with Crippen LogP contribution in [0.3, 0.4) is 0 Å². The minimum atomic E-state index is -0.130. The van der Waals surface area contributed by atoms with E-state index in [0.29, 0.717) is 16.3 Å². The lowest BCUT2D eigenvalue weighted by Gasteiger charge is -1.99. The van der Waals surface area contributed by atoms with Crippen LogP contribution >= 0.6 is 11.6 Å². The second-order valence-electron chi connectivity index (χ2n) is 4.86. The van der Waals surface area contributed by atoms with Crippen LogP contribution in [0.2, 0.25) is 5.02 Å². The van der Waals surface area contributed by atoms with Crippen molar-refractivity contribution in [1.29, 1.82) is 0 Å². The Hall–Kier alpha value is -2.59. The molecule has 0 aliphatic carbocycles. The first-order valence-electron chi connectivity index (χ1n) is 6.82. The summed E-state index contributed by atoms with van der Waals surface area (Å²) in [6, 6.07) is 16.6. The van der Waals surface area contributed by atoms with Crippen molar-refractivity contribution in [1.82, 2.24) is 9.78 Å². The smallest absolute Gasteiger partial charge is 0.280 e. The molecular weight excluding hydrogens is 298 g/mol. The van der Waals surface area contributed by atoms with Crippen LogP contribution in [-0.4, -0.2) is 16.0 Å². The Morgan fingerprint density at radius 1 is 1.14 bits per heavy atom. The number of aliphatic imine (C=N–C) groups is 1. The van der Waals surface area contributed by atoms with E-state index in [1.54, 1.807) is 18.3 Å². The number of nitrogens with zero attached hydrogens (tertiary/aromatic N) is 2. The van der Waals surface area contributed by atoms with E-state index >= 15 is 0 Å². The summed E-state index contributed by atoms with van der Waals surface area (Å²) in [5.41, 5.74) is 2.66. The monoisotopic (exact) mass is 311 g/mol. The van der Waals surface area contributed by atoms with E-state index in [1.165, 1.54) is 4.68 Å². The number of benzene rings is 2. The molecule has 0 bridgehead atoms. The zero-order chi connectivity index (χ0) is 15.5. The molecule has 0 saturated heterocycles. The van der Waals surface area contributed by atoms with E-state index in [0.717, 1.165) is 11.4 Å². The lowest BCUT2D eigenvalue weighted by molar-refractivity contribution is 0.835. The fourth-order valence-electron chi connectivity index (χ4n) is 2.17. The number of hydrogen-bond donors (Lipinski definition) is 1. The van der Waals surface area contributed by atoms with Gasteiger partial charge in [-0.1, -0.05) is 35.9 Å². The van der Waals surface area contributed by atoms with Crippen LogP contribution in [0.5, 0.6) is 0 Å². The summed E-state index contributed by atoms with van der Waals surface area (Å²) < 4.78 is 1.51. The normalized spacial score (nSPS) is 11.2. The number of para-hydroxylation sites is 1. The van der Waals surface area contributed by atoms with E-state index in [2.05, 4.69) is 10.1 Å². The third-order valence-corrected chi connectivity index (χ3v) is 3.52. The van der Waals surface area contributed by atoms with Crippen LogP contribution in [-0.2, 0) is 0 Å². The van der Waals surface area contributed by atoms with E-state index in [1.807, 2.05) is 49.4 Å². The maximum absolute atomic E-state index is 12.5. The predicted molar refractivity (Wildman–Crippen MR) is 89.8 cm³/mol. The molecule has 3 rings (SSSR count). The van der Waals surface area contributed by atoms with Gasteiger partial charge in [-0.15, -0.1) is 0 Å². The van der Waals surface area contributed by atoms with Gasteiger partial charge in [-0.2, -0.15) is 0 Å². The number of nitrogens with one attached hydrogen (secondary N) is 1. The first-order chi connectivity index (χ1) is 10.6. The van der Waals surface area contributed by atoms with Crippen molar-refractivity contribution in [3.05, 3.63) is 81.2 Å². The minimum absolute atomic E-state index is 0.130. The van der Waals surface area contributed by atoms with Crippen LogP contribution < -0.4 is 5.56 Å². The Kier molecular flexibility index (Phi) is 3.94. The molecule has 22 heavy (non-hydrogen) atoms. The molecule has 5 heteroatoms. The van der Waals surface area contributed by atoms with E-state index < -0.39 is 0 Å². The second kappa shape index (κ2) is 6.03. The summed E-state index contributed by atoms with van der Waals surface area (Å²) in [6.45, 7) is 1.85. The molecule has 0 atom stereocenters.